The van der Waals surface area contributed by atoms with E-state index in [0.717, 1.165) is 109 Å². The Kier molecular flexibility index (Phi) is 65.9. The molecule has 19 heteroatoms. The number of ether oxygens (including phenoxy) is 4. The zero-order chi connectivity index (χ0) is 68.4. The first-order valence-electron chi connectivity index (χ1n) is 38.6. The summed E-state index contributed by atoms with van der Waals surface area (Å²) in [5, 5.41) is 10.6. The van der Waals surface area contributed by atoms with E-state index in [2.05, 4.69) is 34.6 Å². The van der Waals surface area contributed by atoms with Gasteiger partial charge in [-0.3, -0.25) is 37.3 Å². The molecule has 0 aromatic heterocycles. The fourth-order valence-electron chi connectivity index (χ4n) is 11.4. The first-order chi connectivity index (χ1) is 45.0. The molecule has 0 fully saturated rings. The van der Waals surface area contributed by atoms with E-state index in [1.54, 1.807) is 0 Å². The standard InChI is InChI=1S/C74H144O17P2/c1-6-9-12-15-18-20-22-24-26-27-28-29-30-32-34-39-44-49-54-59-73(78)91-70(64-85-72(77)58-53-48-43-38-33-31-25-23-21-19-16-13-10-7-2)66-89-93(82,83)87-62-68(75)61-86-92(80,81)88-65-69(63-84-71(76)57-52-47-41-17-14-11-8-3)90-74(79)60-55-50-45-40-36-35-37-42-46-51-56-67(4)5/h67-70,75H,6-66H2,1-5H3,(H,80,81)(H,82,83)/t68-,69+,70+/m0/s1. The van der Waals surface area contributed by atoms with Crippen molar-refractivity contribution < 1.29 is 80.2 Å². The van der Waals surface area contributed by atoms with Gasteiger partial charge in [-0.25, -0.2) is 9.13 Å². The molecule has 0 aliphatic carbocycles. The van der Waals surface area contributed by atoms with Crippen molar-refractivity contribution in [2.75, 3.05) is 39.6 Å². The smallest absolute Gasteiger partial charge is 0.462 e. The molecule has 0 aromatic rings. The van der Waals surface area contributed by atoms with Gasteiger partial charge in [0, 0.05) is 25.7 Å². The molecular formula is C74H144O17P2. The number of rotatable bonds is 74. The zero-order valence-corrected chi connectivity index (χ0v) is 62.2. The number of carbonyl (C=O) groups excluding carboxylic acids is 4. The molecule has 3 N–H and O–H groups in total. The maximum atomic E-state index is 13.1. The molecule has 0 heterocycles. The summed E-state index contributed by atoms with van der Waals surface area (Å²) in [4.78, 5) is 72.6. The number of unbranched alkanes of at least 4 members (excludes halogenated alkanes) is 46. The van der Waals surface area contributed by atoms with Crippen LogP contribution in [0.3, 0.4) is 0 Å². The predicted molar refractivity (Wildman–Crippen MR) is 377 cm³/mol. The fraction of sp³-hybridized carbons (Fsp3) is 0.946. The number of phosphoric acid groups is 2. The molecule has 2 unspecified atom stereocenters. The molecule has 0 radical (unpaired) electrons. The fourth-order valence-corrected chi connectivity index (χ4v) is 12.9. The lowest BCUT2D eigenvalue weighted by Crippen LogP contribution is -2.30. The molecule has 0 aliphatic heterocycles. The largest absolute Gasteiger partial charge is 0.472 e. The van der Waals surface area contributed by atoms with Crippen LogP contribution in [0.15, 0.2) is 0 Å². The highest BCUT2D eigenvalue weighted by Gasteiger charge is 2.30. The molecule has 0 rings (SSSR count). The third-order valence-corrected chi connectivity index (χ3v) is 19.2. The van der Waals surface area contributed by atoms with Gasteiger partial charge in [0.2, 0.25) is 0 Å². The molecule has 0 aromatic carbocycles. The second-order valence-electron chi connectivity index (χ2n) is 27.2. The molecule has 552 valence electrons. The number of esters is 4. The summed E-state index contributed by atoms with van der Waals surface area (Å²) < 4.78 is 68.3. The van der Waals surface area contributed by atoms with Crippen molar-refractivity contribution in [1.29, 1.82) is 0 Å². The first-order valence-corrected chi connectivity index (χ1v) is 41.6. The van der Waals surface area contributed by atoms with E-state index in [0.29, 0.717) is 25.7 Å². The third-order valence-electron chi connectivity index (χ3n) is 17.3. The molecule has 0 bridgehead atoms. The topological polar surface area (TPSA) is 237 Å². The summed E-state index contributed by atoms with van der Waals surface area (Å²) in [6.07, 6.45) is 55.6. The zero-order valence-electron chi connectivity index (χ0n) is 60.4. The lowest BCUT2D eigenvalue weighted by atomic mass is 10.0. The Balaban J connectivity index is 5.18. The third kappa shape index (κ3) is 68.4. The maximum Gasteiger partial charge on any atom is 0.472 e. The Morgan fingerprint density at radius 2 is 0.495 bits per heavy atom. The van der Waals surface area contributed by atoms with Gasteiger partial charge in [0.05, 0.1) is 26.4 Å². The van der Waals surface area contributed by atoms with Gasteiger partial charge in [-0.2, -0.15) is 0 Å². The van der Waals surface area contributed by atoms with Crippen LogP contribution in [0.25, 0.3) is 0 Å². The summed E-state index contributed by atoms with van der Waals surface area (Å²) in [7, 11) is -9.90. The average Bonchev–Trinajstić information content (AvgIpc) is 3.72. The van der Waals surface area contributed by atoms with E-state index >= 15 is 0 Å². The number of hydrogen-bond acceptors (Lipinski definition) is 15. The Morgan fingerprint density at radius 1 is 0.290 bits per heavy atom. The first kappa shape index (κ1) is 91.1. The summed E-state index contributed by atoms with van der Waals surface area (Å²) >= 11 is 0. The second-order valence-corrected chi connectivity index (χ2v) is 30.1. The normalized spacial score (nSPS) is 14.0. The van der Waals surface area contributed by atoms with Gasteiger partial charge in [0.15, 0.2) is 12.2 Å². The minimum Gasteiger partial charge on any atom is -0.462 e. The van der Waals surface area contributed by atoms with Crippen molar-refractivity contribution in [3.63, 3.8) is 0 Å². The Labute approximate surface area is 568 Å². The molecule has 17 nitrogen and oxygen atoms in total. The molecule has 0 saturated heterocycles. The van der Waals surface area contributed by atoms with E-state index in [1.807, 2.05) is 0 Å². The van der Waals surface area contributed by atoms with Gasteiger partial charge in [0.25, 0.3) is 0 Å². The summed E-state index contributed by atoms with van der Waals surface area (Å²) in [5.41, 5.74) is 0. The quantitative estimate of drug-likeness (QED) is 0.0222. The highest BCUT2D eigenvalue weighted by atomic mass is 31.2. The van der Waals surface area contributed by atoms with E-state index in [9.17, 15) is 43.2 Å². The molecule has 0 amide bonds. The Hall–Kier alpha value is -1.94. The number of aliphatic hydroxyl groups excluding tert-OH is 1. The number of carbonyl (C=O) groups is 4. The molecule has 0 saturated carbocycles. The van der Waals surface area contributed by atoms with Crippen molar-refractivity contribution in [3.8, 4) is 0 Å². The molecule has 93 heavy (non-hydrogen) atoms. The highest BCUT2D eigenvalue weighted by molar-refractivity contribution is 7.47. The van der Waals surface area contributed by atoms with Crippen LogP contribution in [0.5, 0.6) is 0 Å². The average molecular weight is 1370 g/mol. The molecular weight excluding hydrogens is 1220 g/mol. The lowest BCUT2D eigenvalue weighted by molar-refractivity contribution is -0.161. The second kappa shape index (κ2) is 67.3. The van der Waals surface area contributed by atoms with E-state index in [1.165, 1.54) is 199 Å². The van der Waals surface area contributed by atoms with Crippen molar-refractivity contribution in [3.05, 3.63) is 0 Å². The van der Waals surface area contributed by atoms with Crippen LogP contribution in [0.4, 0.5) is 0 Å². The molecule has 0 aliphatic rings. The van der Waals surface area contributed by atoms with Crippen molar-refractivity contribution in [2.45, 2.75) is 406 Å². The predicted octanol–water partition coefficient (Wildman–Crippen LogP) is 21.7. The number of aliphatic hydroxyl groups is 1. The van der Waals surface area contributed by atoms with Crippen LogP contribution in [0, 0.1) is 5.92 Å². The van der Waals surface area contributed by atoms with Crippen LogP contribution in [0.2, 0.25) is 0 Å². The van der Waals surface area contributed by atoms with Crippen LogP contribution < -0.4 is 0 Å². The van der Waals surface area contributed by atoms with Gasteiger partial charge in [0.1, 0.15) is 19.3 Å². The van der Waals surface area contributed by atoms with E-state index in [4.69, 9.17) is 37.0 Å². The van der Waals surface area contributed by atoms with Crippen LogP contribution in [-0.2, 0) is 65.4 Å². The van der Waals surface area contributed by atoms with Gasteiger partial charge in [-0.1, -0.05) is 336 Å². The van der Waals surface area contributed by atoms with Crippen LogP contribution in [-0.4, -0.2) is 96.7 Å². The minimum absolute atomic E-state index is 0.106. The van der Waals surface area contributed by atoms with Crippen LogP contribution in [0.1, 0.15) is 388 Å². The van der Waals surface area contributed by atoms with Gasteiger partial charge >= 0.3 is 39.5 Å². The van der Waals surface area contributed by atoms with Gasteiger partial charge < -0.3 is 33.8 Å². The lowest BCUT2D eigenvalue weighted by Gasteiger charge is -2.21. The van der Waals surface area contributed by atoms with Gasteiger partial charge in [-0.05, 0) is 31.6 Å². The summed E-state index contributed by atoms with van der Waals surface area (Å²) in [6.45, 7) is 7.23. The van der Waals surface area contributed by atoms with Crippen LogP contribution >= 0.6 is 15.6 Å². The van der Waals surface area contributed by atoms with E-state index < -0.39 is 97.5 Å². The Morgan fingerprint density at radius 3 is 0.731 bits per heavy atom. The molecule has 5 atom stereocenters. The van der Waals surface area contributed by atoms with Crippen molar-refractivity contribution >= 4 is 39.5 Å². The maximum absolute atomic E-state index is 13.1. The minimum atomic E-state index is -4.95. The van der Waals surface area contributed by atoms with E-state index in [-0.39, 0.29) is 25.7 Å². The van der Waals surface area contributed by atoms with Crippen molar-refractivity contribution in [2.24, 2.45) is 5.92 Å². The monoisotopic (exact) mass is 1370 g/mol. The molecule has 0 spiro atoms. The summed E-state index contributed by atoms with van der Waals surface area (Å²) in [6, 6.07) is 0. The SMILES string of the molecule is CCCCCCCCCCCCCCCCCCCCCC(=O)O[C@H](COC(=O)CCCCCCCCCCCCCCCC)COP(=O)(O)OC[C@@H](O)COP(=O)(O)OC[C@@H](COC(=O)CCCCCCCCC)OC(=O)CCCCCCCCCCCCC(C)C. The number of hydrogen-bond donors (Lipinski definition) is 3. The van der Waals surface area contributed by atoms with Crippen molar-refractivity contribution in [1.82, 2.24) is 0 Å². The highest BCUT2D eigenvalue weighted by Crippen LogP contribution is 2.45. The number of phosphoric ester groups is 2. The van der Waals surface area contributed by atoms with Gasteiger partial charge in [-0.15, -0.1) is 0 Å². The Bertz CT molecular complexity index is 1790. The summed E-state index contributed by atoms with van der Waals surface area (Å²) in [5.74, 6) is -1.37.